The summed E-state index contributed by atoms with van der Waals surface area (Å²) < 4.78 is 4.78. The molecule has 0 aromatic heterocycles. The van der Waals surface area contributed by atoms with Crippen molar-refractivity contribution in [3.8, 4) is 0 Å². The summed E-state index contributed by atoms with van der Waals surface area (Å²) in [6.07, 6.45) is 0.504. The van der Waals surface area contributed by atoms with Crippen molar-refractivity contribution < 1.29 is 19.4 Å². The second-order valence-electron chi connectivity index (χ2n) is 2.77. The summed E-state index contributed by atoms with van der Waals surface area (Å²) >= 11 is 1.13. The van der Waals surface area contributed by atoms with E-state index in [2.05, 4.69) is 0 Å². The Kier molecular flexibility index (Phi) is 6.36. The number of esters is 1. The number of thioether (sulfide) groups is 1. The lowest BCUT2D eigenvalue weighted by Crippen LogP contribution is -2.24. The molecule has 0 rings (SSSR count). The van der Waals surface area contributed by atoms with E-state index in [1.54, 1.807) is 20.8 Å². The minimum absolute atomic E-state index is 0.327. The van der Waals surface area contributed by atoms with Gasteiger partial charge in [-0.15, -0.1) is 11.8 Å². The highest BCUT2D eigenvalue weighted by molar-refractivity contribution is 8.01. The normalized spacial score (nSPS) is 14.5. The third kappa shape index (κ3) is 4.50. The fraction of sp³-hybridized carbons (Fsp3) is 0.778. The molecule has 2 unspecified atom stereocenters. The fourth-order valence-corrected chi connectivity index (χ4v) is 1.87. The highest BCUT2D eigenvalue weighted by atomic mass is 32.2. The Hall–Kier alpha value is -0.710. The highest BCUT2D eigenvalue weighted by Crippen LogP contribution is 2.21. The van der Waals surface area contributed by atoms with Crippen molar-refractivity contribution in [1.82, 2.24) is 0 Å². The second kappa shape index (κ2) is 6.70. The second-order valence-corrected chi connectivity index (χ2v) is 4.31. The number of hydrogen-bond donors (Lipinski definition) is 1. The lowest BCUT2D eigenvalue weighted by atomic mass is 10.3. The summed E-state index contributed by atoms with van der Waals surface area (Å²) in [4.78, 5) is 21.9. The number of hydrogen-bond acceptors (Lipinski definition) is 4. The van der Waals surface area contributed by atoms with E-state index in [1.807, 2.05) is 0 Å². The molecule has 0 fully saturated rings. The van der Waals surface area contributed by atoms with E-state index in [1.165, 1.54) is 0 Å². The first-order valence-corrected chi connectivity index (χ1v) is 5.52. The molecule has 0 spiro atoms. The van der Waals surface area contributed by atoms with Crippen LogP contribution in [0.15, 0.2) is 0 Å². The maximum Gasteiger partial charge on any atom is 0.318 e. The summed E-state index contributed by atoms with van der Waals surface area (Å²) in [5, 5.41) is 7.81. The van der Waals surface area contributed by atoms with Gasteiger partial charge in [0.2, 0.25) is 0 Å². The number of ether oxygens (including phenoxy) is 1. The van der Waals surface area contributed by atoms with Crippen LogP contribution in [0, 0.1) is 0 Å². The maximum absolute atomic E-state index is 11.2. The van der Waals surface area contributed by atoms with Crippen molar-refractivity contribution in [3.05, 3.63) is 0 Å². The van der Waals surface area contributed by atoms with Crippen molar-refractivity contribution in [2.45, 2.75) is 37.7 Å². The first-order chi connectivity index (χ1) is 6.52. The van der Waals surface area contributed by atoms with Gasteiger partial charge in [-0.3, -0.25) is 9.59 Å². The van der Waals surface area contributed by atoms with Gasteiger partial charge in [0, 0.05) is 0 Å². The number of rotatable bonds is 6. The van der Waals surface area contributed by atoms with E-state index < -0.39 is 16.5 Å². The summed E-state index contributed by atoms with van der Waals surface area (Å²) in [5.41, 5.74) is 0. The van der Waals surface area contributed by atoms with Crippen molar-refractivity contribution in [3.63, 3.8) is 0 Å². The molecule has 2 atom stereocenters. The molecule has 0 saturated carbocycles. The molecule has 0 aromatic rings. The molecule has 0 radical (unpaired) electrons. The molecule has 1 N–H and O–H groups in total. The Balaban J connectivity index is 4.08. The molecule has 0 amide bonds. The lowest BCUT2D eigenvalue weighted by molar-refractivity contribution is -0.142. The molecule has 0 aliphatic rings. The number of carbonyl (C=O) groups is 2. The zero-order chi connectivity index (χ0) is 11.1. The van der Waals surface area contributed by atoms with E-state index in [-0.39, 0.29) is 5.97 Å². The highest BCUT2D eigenvalue weighted by Gasteiger charge is 2.23. The van der Waals surface area contributed by atoms with Gasteiger partial charge < -0.3 is 9.84 Å². The van der Waals surface area contributed by atoms with Crippen LogP contribution in [0.1, 0.15) is 27.2 Å². The van der Waals surface area contributed by atoms with Gasteiger partial charge in [-0.25, -0.2) is 0 Å². The Bertz CT molecular complexity index is 205. The monoisotopic (exact) mass is 220 g/mol. The first kappa shape index (κ1) is 13.3. The molecule has 0 saturated heterocycles. The predicted molar refractivity (Wildman–Crippen MR) is 55.4 cm³/mol. The third-order valence-electron chi connectivity index (χ3n) is 1.63. The molecule has 0 aliphatic heterocycles. The van der Waals surface area contributed by atoms with Gasteiger partial charge in [0.15, 0.2) is 0 Å². The van der Waals surface area contributed by atoms with Crippen molar-refractivity contribution >= 4 is 23.7 Å². The fourth-order valence-electron chi connectivity index (χ4n) is 0.891. The van der Waals surface area contributed by atoms with E-state index in [0.29, 0.717) is 13.0 Å². The molecule has 5 heteroatoms. The van der Waals surface area contributed by atoms with Crippen molar-refractivity contribution in [1.29, 1.82) is 0 Å². The third-order valence-corrected chi connectivity index (χ3v) is 3.10. The van der Waals surface area contributed by atoms with E-state index in [9.17, 15) is 9.59 Å². The van der Waals surface area contributed by atoms with Crippen LogP contribution in [0.3, 0.4) is 0 Å². The molecule has 82 valence electrons. The van der Waals surface area contributed by atoms with Gasteiger partial charge in [-0.2, -0.15) is 0 Å². The SMILES string of the molecule is CCOC(=O)C(C)SC(CC)C(=O)O. The average molecular weight is 220 g/mol. The topological polar surface area (TPSA) is 63.6 Å². The van der Waals surface area contributed by atoms with Crippen LogP contribution < -0.4 is 0 Å². The Morgan fingerprint density at radius 3 is 2.36 bits per heavy atom. The first-order valence-electron chi connectivity index (χ1n) is 4.57. The van der Waals surface area contributed by atoms with Crippen LogP contribution in [0.25, 0.3) is 0 Å². The van der Waals surface area contributed by atoms with Gasteiger partial charge >= 0.3 is 11.9 Å². The maximum atomic E-state index is 11.2. The quantitative estimate of drug-likeness (QED) is 0.688. The van der Waals surface area contributed by atoms with E-state index >= 15 is 0 Å². The minimum Gasteiger partial charge on any atom is -0.480 e. The van der Waals surface area contributed by atoms with E-state index in [4.69, 9.17) is 9.84 Å². The number of carbonyl (C=O) groups excluding carboxylic acids is 1. The number of carboxylic acids is 1. The molecule has 14 heavy (non-hydrogen) atoms. The minimum atomic E-state index is -0.881. The van der Waals surface area contributed by atoms with E-state index in [0.717, 1.165) is 11.8 Å². The Morgan fingerprint density at radius 2 is 2.00 bits per heavy atom. The predicted octanol–water partition coefficient (Wildman–Crippen LogP) is 1.53. The van der Waals surface area contributed by atoms with Crippen molar-refractivity contribution in [2.24, 2.45) is 0 Å². The summed E-state index contributed by atoms with van der Waals surface area (Å²) in [6, 6.07) is 0. The van der Waals surface area contributed by atoms with Crippen LogP contribution in [0.2, 0.25) is 0 Å². The molecular formula is C9H16O4S. The Labute approximate surface area is 88.0 Å². The van der Waals surface area contributed by atoms with Crippen molar-refractivity contribution in [2.75, 3.05) is 6.61 Å². The standard InChI is InChI=1S/C9H16O4S/c1-4-7(8(10)11)14-6(3)9(12)13-5-2/h6-7H,4-5H2,1-3H3,(H,10,11). The van der Waals surface area contributed by atoms with Crippen LogP contribution in [0.4, 0.5) is 0 Å². The molecule has 0 bridgehead atoms. The van der Waals surface area contributed by atoms with Crippen LogP contribution >= 0.6 is 11.8 Å². The van der Waals surface area contributed by atoms with Gasteiger partial charge in [-0.05, 0) is 20.3 Å². The molecule has 0 heterocycles. The lowest BCUT2D eigenvalue weighted by Gasteiger charge is -2.14. The van der Waals surface area contributed by atoms with Gasteiger partial charge in [0.25, 0.3) is 0 Å². The largest absolute Gasteiger partial charge is 0.480 e. The zero-order valence-electron chi connectivity index (χ0n) is 8.65. The molecule has 0 aliphatic carbocycles. The molecule has 0 aromatic carbocycles. The Morgan fingerprint density at radius 1 is 1.43 bits per heavy atom. The average Bonchev–Trinajstić information content (AvgIpc) is 2.13. The zero-order valence-corrected chi connectivity index (χ0v) is 9.47. The van der Waals surface area contributed by atoms with Crippen LogP contribution in [-0.4, -0.2) is 34.2 Å². The van der Waals surface area contributed by atoms with Crippen LogP contribution in [0.5, 0.6) is 0 Å². The summed E-state index contributed by atoms with van der Waals surface area (Å²) in [6.45, 7) is 5.50. The molecule has 4 nitrogen and oxygen atoms in total. The smallest absolute Gasteiger partial charge is 0.318 e. The summed E-state index contributed by atoms with van der Waals surface area (Å²) in [7, 11) is 0. The summed E-state index contributed by atoms with van der Waals surface area (Å²) in [5.74, 6) is -1.23. The van der Waals surface area contributed by atoms with Crippen LogP contribution in [-0.2, 0) is 14.3 Å². The number of aliphatic carboxylic acids is 1. The van der Waals surface area contributed by atoms with Gasteiger partial charge in [0.05, 0.1) is 6.61 Å². The van der Waals surface area contributed by atoms with Gasteiger partial charge in [0.1, 0.15) is 10.5 Å². The molecular weight excluding hydrogens is 204 g/mol. The van der Waals surface area contributed by atoms with Gasteiger partial charge in [-0.1, -0.05) is 6.92 Å². The number of carboxylic acid groups (broad SMARTS) is 1.